The van der Waals surface area contributed by atoms with E-state index in [0.29, 0.717) is 13.1 Å². The first-order valence-electron chi connectivity index (χ1n) is 9.56. The minimum absolute atomic E-state index is 0.0322. The number of amides is 1. The van der Waals surface area contributed by atoms with Crippen LogP contribution in [0.25, 0.3) is 0 Å². The fraction of sp³-hybridized carbons (Fsp3) is 0.409. The smallest absolute Gasteiger partial charge is 0.259 e. The largest absolute Gasteiger partial charge is 0.338 e. The molecule has 0 N–H and O–H groups in total. The molecule has 2 aliphatic heterocycles. The summed E-state index contributed by atoms with van der Waals surface area (Å²) in [6.07, 6.45) is 2.95. The minimum Gasteiger partial charge on any atom is -0.338 e. The number of benzene rings is 2. The van der Waals surface area contributed by atoms with E-state index < -0.39 is 23.1 Å². The zero-order valence-corrected chi connectivity index (χ0v) is 15.3. The van der Waals surface area contributed by atoms with Crippen molar-refractivity contribution in [3.8, 4) is 0 Å². The predicted molar refractivity (Wildman–Crippen MR) is 100 cm³/mol. The molecular formula is C22H24F2N2O. The van der Waals surface area contributed by atoms with Crippen LogP contribution in [0.4, 0.5) is 8.78 Å². The SMILES string of the molecule is O=C(c1c(F)cccc1F)N1CCCC2(CCN(Cc3ccccc3)C2)C1. The standard InChI is InChI=1S/C22H24F2N2O/c23-18-8-4-9-19(24)20(18)21(27)26-12-5-10-22(16-26)11-13-25(15-22)14-17-6-2-1-3-7-17/h1-4,6-9H,5,10-16H2. The molecule has 1 unspecified atom stereocenters. The summed E-state index contributed by atoms with van der Waals surface area (Å²) < 4.78 is 28.1. The molecule has 142 valence electrons. The van der Waals surface area contributed by atoms with Crippen molar-refractivity contribution in [1.82, 2.24) is 9.80 Å². The summed E-state index contributed by atoms with van der Waals surface area (Å²) in [6.45, 7) is 3.95. The zero-order chi connectivity index (χ0) is 18.9. The van der Waals surface area contributed by atoms with Gasteiger partial charge < -0.3 is 4.90 Å². The highest BCUT2D eigenvalue weighted by Crippen LogP contribution is 2.40. The third-order valence-electron chi connectivity index (χ3n) is 5.89. The van der Waals surface area contributed by atoms with Crippen molar-refractivity contribution in [2.24, 2.45) is 5.41 Å². The summed E-state index contributed by atoms with van der Waals surface area (Å²) in [5.74, 6) is -2.08. The second-order valence-corrected chi connectivity index (χ2v) is 7.87. The molecule has 0 radical (unpaired) electrons. The Kier molecular flexibility index (Phi) is 4.96. The minimum atomic E-state index is -0.781. The van der Waals surface area contributed by atoms with E-state index in [2.05, 4.69) is 17.0 Å². The van der Waals surface area contributed by atoms with E-state index >= 15 is 0 Å². The van der Waals surface area contributed by atoms with Crippen molar-refractivity contribution < 1.29 is 13.6 Å². The second-order valence-electron chi connectivity index (χ2n) is 7.87. The number of carbonyl (C=O) groups is 1. The van der Waals surface area contributed by atoms with Crippen molar-refractivity contribution >= 4 is 5.91 Å². The van der Waals surface area contributed by atoms with Crippen LogP contribution in [0.1, 0.15) is 35.2 Å². The third-order valence-corrected chi connectivity index (χ3v) is 5.89. The van der Waals surface area contributed by atoms with Crippen molar-refractivity contribution in [3.05, 3.63) is 71.3 Å². The van der Waals surface area contributed by atoms with Crippen LogP contribution in [0.2, 0.25) is 0 Å². The average molecular weight is 370 g/mol. The van der Waals surface area contributed by atoms with Gasteiger partial charge >= 0.3 is 0 Å². The van der Waals surface area contributed by atoms with Crippen LogP contribution in [0.15, 0.2) is 48.5 Å². The van der Waals surface area contributed by atoms with E-state index in [1.807, 2.05) is 18.2 Å². The number of likely N-dealkylation sites (tertiary alicyclic amines) is 2. The summed E-state index contributed by atoms with van der Waals surface area (Å²) in [6, 6.07) is 13.9. The van der Waals surface area contributed by atoms with Gasteiger partial charge in [0, 0.05) is 31.6 Å². The van der Waals surface area contributed by atoms with Crippen LogP contribution >= 0.6 is 0 Å². The second kappa shape index (κ2) is 7.39. The monoisotopic (exact) mass is 370 g/mol. The molecule has 2 fully saturated rings. The molecule has 0 aliphatic carbocycles. The van der Waals surface area contributed by atoms with Gasteiger partial charge in [-0.25, -0.2) is 8.78 Å². The third kappa shape index (κ3) is 3.74. The molecule has 5 heteroatoms. The lowest BCUT2D eigenvalue weighted by molar-refractivity contribution is 0.0517. The van der Waals surface area contributed by atoms with Gasteiger partial charge in [0.2, 0.25) is 0 Å². The Hall–Kier alpha value is -2.27. The van der Waals surface area contributed by atoms with Gasteiger partial charge in [-0.3, -0.25) is 9.69 Å². The van der Waals surface area contributed by atoms with E-state index in [0.717, 1.165) is 51.0 Å². The molecular weight excluding hydrogens is 346 g/mol. The highest BCUT2D eigenvalue weighted by Gasteiger charge is 2.43. The van der Waals surface area contributed by atoms with E-state index in [9.17, 15) is 13.6 Å². The molecule has 0 saturated carbocycles. The maximum atomic E-state index is 14.0. The Labute approximate surface area is 158 Å². The lowest BCUT2D eigenvalue weighted by atomic mass is 9.79. The average Bonchev–Trinajstić information content (AvgIpc) is 3.04. The van der Waals surface area contributed by atoms with Gasteiger partial charge in [-0.15, -0.1) is 0 Å². The summed E-state index contributed by atoms with van der Waals surface area (Å²) in [7, 11) is 0. The Morgan fingerprint density at radius 1 is 0.926 bits per heavy atom. The maximum absolute atomic E-state index is 14.0. The first-order chi connectivity index (χ1) is 13.1. The molecule has 1 spiro atoms. The Balaban J connectivity index is 1.46. The molecule has 0 aromatic heterocycles. The number of hydrogen-bond donors (Lipinski definition) is 0. The molecule has 2 saturated heterocycles. The van der Waals surface area contributed by atoms with Crippen LogP contribution in [0.3, 0.4) is 0 Å². The summed E-state index contributed by atoms with van der Waals surface area (Å²) in [4.78, 5) is 16.9. The van der Waals surface area contributed by atoms with Crippen LogP contribution in [0.5, 0.6) is 0 Å². The van der Waals surface area contributed by atoms with Gasteiger partial charge in [0.15, 0.2) is 0 Å². The number of halogens is 2. The van der Waals surface area contributed by atoms with Gasteiger partial charge in [0.1, 0.15) is 17.2 Å². The molecule has 1 amide bonds. The Morgan fingerprint density at radius 2 is 1.67 bits per heavy atom. The fourth-order valence-electron chi connectivity index (χ4n) is 4.58. The molecule has 0 bridgehead atoms. The molecule has 2 aromatic carbocycles. The van der Waals surface area contributed by atoms with E-state index in [1.54, 1.807) is 4.90 Å². The molecule has 2 heterocycles. The van der Waals surface area contributed by atoms with Gasteiger partial charge in [0.25, 0.3) is 5.91 Å². The van der Waals surface area contributed by atoms with Gasteiger partial charge in [-0.1, -0.05) is 36.4 Å². The molecule has 27 heavy (non-hydrogen) atoms. The van der Waals surface area contributed by atoms with E-state index in [-0.39, 0.29) is 5.41 Å². The molecule has 1 atom stereocenters. The molecule has 2 aromatic rings. The Bertz CT molecular complexity index is 806. The topological polar surface area (TPSA) is 23.6 Å². The van der Waals surface area contributed by atoms with Gasteiger partial charge in [-0.05, 0) is 43.5 Å². The number of nitrogens with zero attached hydrogens (tertiary/aromatic N) is 2. The fourth-order valence-corrected chi connectivity index (χ4v) is 4.58. The zero-order valence-electron chi connectivity index (χ0n) is 15.3. The van der Waals surface area contributed by atoms with Crippen molar-refractivity contribution in [3.63, 3.8) is 0 Å². The van der Waals surface area contributed by atoms with Crippen molar-refractivity contribution in [1.29, 1.82) is 0 Å². The van der Waals surface area contributed by atoms with Crippen LogP contribution < -0.4 is 0 Å². The number of hydrogen-bond acceptors (Lipinski definition) is 2. The summed E-state index contributed by atoms with van der Waals surface area (Å²) in [5.41, 5.74) is 0.894. The number of piperidine rings is 1. The molecule has 3 nitrogen and oxygen atoms in total. The highest BCUT2D eigenvalue weighted by atomic mass is 19.1. The van der Waals surface area contributed by atoms with Crippen LogP contribution in [0, 0.1) is 17.0 Å². The molecule has 2 aliphatic rings. The van der Waals surface area contributed by atoms with E-state index in [4.69, 9.17) is 0 Å². The quantitative estimate of drug-likeness (QED) is 0.812. The van der Waals surface area contributed by atoms with E-state index in [1.165, 1.54) is 11.6 Å². The molecule has 4 rings (SSSR count). The van der Waals surface area contributed by atoms with Crippen LogP contribution in [-0.4, -0.2) is 41.9 Å². The predicted octanol–water partition coefficient (Wildman–Crippen LogP) is 4.09. The summed E-state index contributed by atoms with van der Waals surface area (Å²) >= 11 is 0. The number of carbonyl (C=O) groups excluding carboxylic acids is 1. The Morgan fingerprint density at radius 3 is 2.41 bits per heavy atom. The van der Waals surface area contributed by atoms with Gasteiger partial charge in [-0.2, -0.15) is 0 Å². The first-order valence-corrected chi connectivity index (χ1v) is 9.56. The van der Waals surface area contributed by atoms with Crippen molar-refractivity contribution in [2.45, 2.75) is 25.8 Å². The first kappa shape index (κ1) is 18.1. The lowest BCUT2D eigenvalue weighted by Gasteiger charge is -2.40. The normalized spacial score (nSPS) is 23.1. The van der Waals surface area contributed by atoms with Crippen molar-refractivity contribution in [2.75, 3.05) is 26.2 Å². The van der Waals surface area contributed by atoms with Crippen LogP contribution in [-0.2, 0) is 6.54 Å². The summed E-state index contributed by atoms with van der Waals surface area (Å²) in [5, 5.41) is 0. The lowest BCUT2D eigenvalue weighted by Crippen LogP contribution is -2.47. The maximum Gasteiger partial charge on any atom is 0.259 e. The number of rotatable bonds is 3. The highest BCUT2D eigenvalue weighted by molar-refractivity contribution is 5.94. The van der Waals surface area contributed by atoms with Gasteiger partial charge in [0.05, 0.1) is 0 Å².